The summed E-state index contributed by atoms with van der Waals surface area (Å²) in [6, 6.07) is 1.64. The molecule has 0 aliphatic heterocycles. The summed E-state index contributed by atoms with van der Waals surface area (Å²) in [5.74, 6) is 0.169. The van der Waals surface area contributed by atoms with Gasteiger partial charge in [-0.1, -0.05) is 0 Å². The highest BCUT2D eigenvalue weighted by Gasteiger charge is 2.27. The van der Waals surface area contributed by atoms with E-state index in [1.165, 1.54) is 6.33 Å². The summed E-state index contributed by atoms with van der Waals surface area (Å²) in [4.78, 5) is 18.7. The summed E-state index contributed by atoms with van der Waals surface area (Å²) in [7, 11) is 1.73. The van der Waals surface area contributed by atoms with Crippen LogP contribution in [0.3, 0.4) is 0 Å². The molecule has 0 unspecified atom stereocenters. The largest absolute Gasteiger partial charge is 0.480 e. The van der Waals surface area contributed by atoms with Crippen LogP contribution in [0.15, 0.2) is 12.4 Å². The molecule has 0 saturated heterocycles. The van der Waals surface area contributed by atoms with Crippen molar-refractivity contribution >= 4 is 17.6 Å². The normalized spacial score (nSPS) is 10.9. The molecule has 0 bridgehead atoms. The van der Waals surface area contributed by atoms with Crippen LogP contribution in [0.5, 0.6) is 0 Å². The van der Waals surface area contributed by atoms with E-state index >= 15 is 0 Å². The molecule has 6 heteroatoms. The van der Waals surface area contributed by atoms with Gasteiger partial charge in [-0.15, -0.1) is 0 Å². The number of anilines is 2. The van der Waals surface area contributed by atoms with Gasteiger partial charge in [-0.05, 0) is 13.8 Å². The number of nitrogens with one attached hydrogen (secondary N) is 2. The van der Waals surface area contributed by atoms with E-state index in [0.717, 1.165) is 0 Å². The van der Waals surface area contributed by atoms with Crippen molar-refractivity contribution in [2.24, 2.45) is 0 Å². The third kappa shape index (κ3) is 2.80. The Bertz CT molecular complexity index is 365. The number of carboxylic acids is 1. The molecule has 15 heavy (non-hydrogen) atoms. The second-order valence-electron chi connectivity index (χ2n) is 3.59. The number of hydrogen-bond acceptors (Lipinski definition) is 5. The van der Waals surface area contributed by atoms with Gasteiger partial charge in [-0.25, -0.2) is 14.8 Å². The van der Waals surface area contributed by atoms with Crippen molar-refractivity contribution in [3.63, 3.8) is 0 Å². The Morgan fingerprint density at radius 3 is 2.53 bits per heavy atom. The Morgan fingerprint density at radius 1 is 1.40 bits per heavy atom. The predicted octanol–water partition coefficient (Wildman–Crippen LogP) is 0.793. The van der Waals surface area contributed by atoms with Gasteiger partial charge in [0, 0.05) is 13.1 Å². The molecule has 0 fully saturated rings. The van der Waals surface area contributed by atoms with E-state index in [4.69, 9.17) is 5.11 Å². The van der Waals surface area contributed by atoms with Gasteiger partial charge in [-0.3, -0.25) is 0 Å². The highest BCUT2D eigenvalue weighted by molar-refractivity contribution is 5.81. The second kappa shape index (κ2) is 4.12. The fourth-order valence-corrected chi connectivity index (χ4v) is 0.936. The van der Waals surface area contributed by atoms with E-state index in [2.05, 4.69) is 20.6 Å². The first kappa shape index (κ1) is 11.2. The molecule has 1 aromatic heterocycles. The molecule has 0 atom stereocenters. The van der Waals surface area contributed by atoms with Crippen LogP contribution in [0.25, 0.3) is 0 Å². The molecule has 0 amide bonds. The van der Waals surface area contributed by atoms with E-state index in [1.807, 2.05) is 0 Å². The predicted molar refractivity (Wildman–Crippen MR) is 56.9 cm³/mol. The average molecular weight is 210 g/mol. The lowest BCUT2D eigenvalue weighted by atomic mass is 10.1. The summed E-state index contributed by atoms with van der Waals surface area (Å²) < 4.78 is 0. The summed E-state index contributed by atoms with van der Waals surface area (Å²) >= 11 is 0. The standard InChI is InChI=1S/C9H14N4O2/c1-9(2,8(14)15)13-7-4-6(10-3)11-5-12-7/h4-5H,1-3H3,(H,14,15)(H2,10,11,12,13). The van der Waals surface area contributed by atoms with Crippen LogP contribution in [-0.4, -0.2) is 33.6 Å². The van der Waals surface area contributed by atoms with E-state index in [-0.39, 0.29) is 0 Å². The molecule has 1 heterocycles. The zero-order valence-corrected chi connectivity index (χ0v) is 8.90. The number of hydrogen-bond donors (Lipinski definition) is 3. The molecule has 0 saturated carbocycles. The molecule has 0 aliphatic carbocycles. The van der Waals surface area contributed by atoms with Crippen molar-refractivity contribution in [2.75, 3.05) is 17.7 Å². The minimum absolute atomic E-state index is 0.474. The lowest BCUT2D eigenvalue weighted by Crippen LogP contribution is -2.40. The van der Waals surface area contributed by atoms with Gasteiger partial charge < -0.3 is 15.7 Å². The van der Waals surface area contributed by atoms with E-state index < -0.39 is 11.5 Å². The molecule has 0 aliphatic rings. The van der Waals surface area contributed by atoms with Crippen LogP contribution in [0.1, 0.15) is 13.8 Å². The Hall–Kier alpha value is -1.85. The third-order valence-corrected chi connectivity index (χ3v) is 1.90. The van der Waals surface area contributed by atoms with Gasteiger partial charge in [0.15, 0.2) is 0 Å². The van der Waals surface area contributed by atoms with Crippen LogP contribution < -0.4 is 10.6 Å². The van der Waals surface area contributed by atoms with Gasteiger partial charge in [0.1, 0.15) is 23.5 Å². The van der Waals surface area contributed by atoms with E-state index in [1.54, 1.807) is 27.0 Å². The highest BCUT2D eigenvalue weighted by Crippen LogP contribution is 2.14. The molecule has 0 radical (unpaired) electrons. The lowest BCUT2D eigenvalue weighted by molar-refractivity contribution is -0.141. The minimum Gasteiger partial charge on any atom is -0.480 e. The maximum atomic E-state index is 10.9. The Labute approximate surface area is 87.8 Å². The first-order valence-corrected chi connectivity index (χ1v) is 4.47. The average Bonchev–Trinajstić information content (AvgIpc) is 2.17. The van der Waals surface area contributed by atoms with Gasteiger partial charge in [0.05, 0.1) is 0 Å². The molecular formula is C9H14N4O2. The second-order valence-corrected chi connectivity index (χ2v) is 3.59. The first-order chi connectivity index (χ1) is 6.95. The van der Waals surface area contributed by atoms with Gasteiger partial charge in [0.2, 0.25) is 0 Å². The van der Waals surface area contributed by atoms with E-state index in [9.17, 15) is 4.79 Å². The highest BCUT2D eigenvalue weighted by atomic mass is 16.4. The quantitative estimate of drug-likeness (QED) is 0.681. The van der Waals surface area contributed by atoms with Crippen LogP contribution >= 0.6 is 0 Å². The van der Waals surface area contributed by atoms with Crippen molar-refractivity contribution in [1.82, 2.24) is 9.97 Å². The van der Waals surface area contributed by atoms with Crippen LogP contribution in [0, 0.1) is 0 Å². The van der Waals surface area contributed by atoms with Gasteiger partial charge in [-0.2, -0.15) is 0 Å². The fourth-order valence-electron chi connectivity index (χ4n) is 0.936. The number of aliphatic carboxylic acids is 1. The summed E-state index contributed by atoms with van der Waals surface area (Å²) in [6.45, 7) is 3.13. The maximum Gasteiger partial charge on any atom is 0.328 e. The van der Waals surface area contributed by atoms with Crippen molar-refractivity contribution in [2.45, 2.75) is 19.4 Å². The topological polar surface area (TPSA) is 87.1 Å². The SMILES string of the molecule is CNc1cc(NC(C)(C)C(=O)O)ncn1. The number of carboxylic acid groups (broad SMARTS) is 1. The number of rotatable bonds is 4. The van der Waals surface area contributed by atoms with Crippen molar-refractivity contribution in [1.29, 1.82) is 0 Å². The molecule has 0 aromatic carbocycles. The number of carbonyl (C=O) groups is 1. The summed E-state index contributed by atoms with van der Waals surface area (Å²) in [5, 5.41) is 14.6. The zero-order chi connectivity index (χ0) is 11.5. The molecule has 1 rings (SSSR count). The van der Waals surface area contributed by atoms with Crippen LogP contribution in [-0.2, 0) is 4.79 Å². The van der Waals surface area contributed by atoms with Crippen molar-refractivity contribution < 1.29 is 9.90 Å². The number of nitrogens with zero attached hydrogens (tertiary/aromatic N) is 2. The van der Waals surface area contributed by atoms with E-state index in [0.29, 0.717) is 11.6 Å². The summed E-state index contributed by atoms with van der Waals surface area (Å²) in [5.41, 5.74) is -1.06. The molecule has 6 nitrogen and oxygen atoms in total. The molecule has 3 N–H and O–H groups in total. The number of aromatic nitrogens is 2. The minimum atomic E-state index is -1.06. The molecular weight excluding hydrogens is 196 g/mol. The van der Waals surface area contributed by atoms with Gasteiger partial charge >= 0.3 is 5.97 Å². The maximum absolute atomic E-state index is 10.9. The fraction of sp³-hybridized carbons (Fsp3) is 0.444. The Balaban J connectivity index is 2.85. The monoisotopic (exact) mass is 210 g/mol. The lowest BCUT2D eigenvalue weighted by Gasteiger charge is -2.21. The Morgan fingerprint density at radius 2 is 2.00 bits per heavy atom. The molecule has 0 spiro atoms. The zero-order valence-electron chi connectivity index (χ0n) is 8.90. The Kier molecular flexibility index (Phi) is 3.08. The molecule has 1 aromatic rings. The van der Waals surface area contributed by atoms with Crippen LogP contribution in [0.4, 0.5) is 11.6 Å². The van der Waals surface area contributed by atoms with Crippen LogP contribution in [0.2, 0.25) is 0 Å². The smallest absolute Gasteiger partial charge is 0.328 e. The van der Waals surface area contributed by atoms with Crippen molar-refractivity contribution in [3.8, 4) is 0 Å². The molecule has 82 valence electrons. The summed E-state index contributed by atoms with van der Waals surface area (Å²) in [6.07, 6.45) is 1.37. The van der Waals surface area contributed by atoms with Crippen molar-refractivity contribution in [3.05, 3.63) is 12.4 Å². The third-order valence-electron chi connectivity index (χ3n) is 1.90. The first-order valence-electron chi connectivity index (χ1n) is 4.47. The van der Waals surface area contributed by atoms with Gasteiger partial charge in [0.25, 0.3) is 0 Å².